The standard InChI is InChI=1S/C21H21N3O3S2/c1-27-17-6-8-18(9-7-17)29-11-10-20(25)24-14-28-13-19(24)21(26)23-16-4-2-15(12-22)3-5-16/h2-9,19H,10-11,13-14H2,1H3,(H,23,26). The maximum atomic E-state index is 12.6. The fourth-order valence-corrected chi connectivity index (χ4v) is 4.85. The van der Waals surface area contributed by atoms with Gasteiger partial charge in [-0.15, -0.1) is 23.5 Å². The minimum Gasteiger partial charge on any atom is -0.497 e. The number of benzene rings is 2. The average Bonchev–Trinajstić information content (AvgIpc) is 3.25. The highest BCUT2D eigenvalue weighted by molar-refractivity contribution is 7.99. The summed E-state index contributed by atoms with van der Waals surface area (Å²) < 4.78 is 5.14. The van der Waals surface area contributed by atoms with Crippen molar-refractivity contribution in [2.24, 2.45) is 0 Å². The molecule has 1 heterocycles. The average molecular weight is 428 g/mol. The zero-order chi connectivity index (χ0) is 20.6. The summed E-state index contributed by atoms with van der Waals surface area (Å²) in [7, 11) is 1.63. The number of hydrogen-bond donors (Lipinski definition) is 1. The Morgan fingerprint density at radius 3 is 2.62 bits per heavy atom. The second kappa shape index (κ2) is 10.2. The van der Waals surface area contributed by atoms with E-state index in [2.05, 4.69) is 5.32 Å². The summed E-state index contributed by atoms with van der Waals surface area (Å²) in [5.74, 6) is 2.34. The number of thioether (sulfide) groups is 2. The fraction of sp³-hybridized carbons (Fsp3) is 0.286. The Balaban J connectivity index is 1.51. The monoisotopic (exact) mass is 427 g/mol. The first kappa shape index (κ1) is 21.1. The second-order valence-corrected chi connectivity index (χ2v) is 8.50. The smallest absolute Gasteiger partial charge is 0.248 e. The predicted octanol–water partition coefficient (Wildman–Crippen LogP) is 3.59. The Morgan fingerprint density at radius 2 is 1.97 bits per heavy atom. The van der Waals surface area contributed by atoms with E-state index in [-0.39, 0.29) is 11.8 Å². The van der Waals surface area contributed by atoms with Crippen LogP contribution in [0.25, 0.3) is 0 Å². The first-order valence-electron chi connectivity index (χ1n) is 9.06. The molecule has 0 aliphatic carbocycles. The molecule has 150 valence electrons. The van der Waals surface area contributed by atoms with Gasteiger partial charge in [-0.3, -0.25) is 9.59 Å². The van der Waals surface area contributed by atoms with Crippen LogP contribution in [-0.4, -0.2) is 47.2 Å². The first-order chi connectivity index (χ1) is 14.1. The SMILES string of the molecule is COc1ccc(SCCC(=O)N2CSCC2C(=O)Nc2ccc(C#N)cc2)cc1. The third kappa shape index (κ3) is 5.68. The number of carbonyl (C=O) groups excluding carboxylic acids is 2. The van der Waals surface area contributed by atoms with E-state index in [4.69, 9.17) is 10.00 Å². The van der Waals surface area contributed by atoms with Crippen LogP contribution in [0.1, 0.15) is 12.0 Å². The molecule has 3 rings (SSSR count). The van der Waals surface area contributed by atoms with Gasteiger partial charge < -0.3 is 15.0 Å². The molecule has 8 heteroatoms. The molecule has 2 amide bonds. The van der Waals surface area contributed by atoms with Crippen molar-refractivity contribution in [3.8, 4) is 11.8 Å². The van der Waals surface area contributed by atoms with E-state index >= 15 is 0 Å². The lowest BCUT2D eigenvalue weighted by Crippen LogP contribution is -2.44. The van der Waals surface area contributed by atoms with Crippen molar-refractivity contribution in [3.05, 3.63) is 54.1 Å². The van der Waals surface area contributed by atoms with Gasteiger partial charge in [0.05, 0.1) is 24.6 Å². The molecule has 1 atom stereocenters. The number of amides is 2. The van der Waals surface area contributed by atoms with E-state index in [0.29, 0.717) is 35.1 Å². The normalized spacial score (nSPS) is 15.6. The topological polar surface area (TPSA) is 82.4 Å². The highest BCUT2D eigenvalue weighted by atomic mass is 32.2. The van der Waals surface area contributed by atoms with E-state index in [9.17, 15) is 9.59 Å². The largest absolute Gasteiger partial charge is 0.497 e. The molecule has 1 fully saturated rings. The van der Waals surface area contributed by atoms with Gasteiger partial charge in [-0.2, -0.15) is 5.26 Å². The van der Waals surface area contributed by atoms with Crippen LogP contribution in [-0.2, 0) is 9.59 Å². The third-order valence-electron chi connectivity index (χ3n) is 4.43. The summed E-state index contributed by atoms with van der Waals surface area (Å²) in [6, 6.07) is 16.0. The molecule has 1 aliphatic heterocycles. The summed E-state index contributed by atoms with van der Waals surface area (Å²) in [6.45, 7) is 0. The van der Waals surface area contributed by atoms with Gasteiger partial charge in [0.25, 0.3) is 0 Å². The highest BCUT2D eigenvalue weighted by Gasteiger charge is 2.34. The lowest BCUT2D eigenvalue weighted by atomic mass is 10.2. The van der Waals surface area contributed by atoms with E-state index in [0.717, 1.165) is 10.6 Å². The Kier molecular flexibility index (Phi) is 7.44. The number of nitrogens with one attached hydrogen (secondary N) is 1. The molecule has 1 saturated heterocycles. The molecule has 0 bridgehead atoms. The van der Waals surface area contributed by atoms with Gasteiger partial charge in [0.2, 0.25) is 11.8 Å². The Morgan fingerprint density at radius 1 is 1.24 bits per heavy atom. The first-order valence-corrected chi connectivity index (χ1v) is 11.2. The molecular weight excluding hydrogens is 406 g/mol. The van der Waals surface area contributed by atoms with Gasteiger partial charge >= 0.3 is 0 Å². The predicted molar refractivity (Wildman–Crippen MR) is 116 cm³/mol. The highest BCUT2D eigenvalue weighted by Crippen LogP contribution is 2.26. The molecule has 0 spiro atoms. The van der Waals surface area contributed by atoms with Crippen molar-refractivity contribution >= 4 is 41.0 Å². The number of rotatable bonds is 7. The molecule has 1 aliphatic rings. The number of anilines is 1. The van der Waals surface area contributed by atoms with Gasteiger partial charge in [-0.05, 0) is 48.5 Å². The van der Waals surface area contributed by atoms with Crippen molar-refractivity contribution in [1.29, 1.82) is 5.26 Å². The molecule has 2 aromatic carbocycles. The van der Waals surface area contributed by atoms with Crippen molar-refractivity contribution in [2.75, 3.05) is 29.8 Å². The summed E-state index contributed by atoms with van der Waals surface area (Å²) in [5.41, 5.74) is 1.15. The minimum absolute atomic E-state index is 0.0176. The fourth-order valence-electron chi connectivity index (χ4n) is 2.83. The van der Waals surface area contributed by atoms with E-state index in [1.807, 2.05) is 30.3 Å². The van der Waals surface area contributed by atoms with Crippen LogP contribution in [0.3, 0.4) is 0 Å². The summed E-state index contributed by atoms with van der Waals surface area (Å²) in [6.07, 6.45) is 0.373. The molecule has 0 aromatic heterocycles. The van der Waals surface area contributed by atoms with Crippen LogP contribution in [0.2, 0.25) is 0 Å². The van der Waals surface area contributed by atoms with Crippen molar-refractivity contribution in [3.63, 3.8) is 0 Å². The number of carbonyl (C=O) groups is 2. The molecular formula is C21H21N3O3S2. The zero-order valence-electron chi connectivity index (χ0n) is 16.0. The molecule has 2 aromatic rings. The summed E-state index contributed by atoms with van der Waals surface area (Å²) in [5, 5.41) is 11.7. The van der Waals surface area contributed by atoms with Crippen LogP contribution in [0.5, 0.6) is 5.75 Å². The number of hydrogen-bond acceptors (Lipinski definition) is 6. The second-order valence-electron chi connectivity index (χ2n) is 6.33. The maximum absolute atomic E-state index is 12.6. The Hall–Kier alpha value is -2.63. The van der Waals surface area contributed by atoms with Crippen molar-refractivity contribution in [1.82, 2.24) is 4.90 Å². The van der Waals surface area contributed by atoms with Gasteiger partial charge in [-0.1, -0.05) is 0 Å². The van der Waals surface area contributed by atoms with Gasteiger partial charge in [0.1, 0.15) is 11.8 Å². The van der Waals surface area contributed by atoms with Crippen LogP contribution < -0.4 is 10.1 Å². The Bertz CT molecular complexity index is 895. The summed E-state index contributed by atoms with van der Waals surface area (Å²) in [4.78, 5) is 28.0. The molecule has 6 nitrogen and oxygen atoms in total. The van der Waals surface area contributed by atoms with Crippen LogP contribution in [0, 0.1) is 11.3 Å². The minimum atomic E-state index is -0.478. The van der Waals surface area contributed by atoms with Crippen LogP contribution in [0.15, 0.2) is 53.4 Å². The van der Waals surface area contributed by atoms with Gasteiger partial charge in [0.15, 0.2) is 0 Å². The maximum Gasteiger partial charge on any atom is 0.248 e. The van der Waals surface area contributed by atoms with Crippen LogP contribution >= 0.6 is 23.5 Å². The van der Waals surface area contributed by atoms with Crippen LogP contribution in [0.4, 0.5) is 5.69 Å². The number of nitrogens with zero attached hydrogens (tertiary/aromatic N) is 2. The quantitative estimate of drug-likeness (QED) is 0.680. The van der Waals surface area contributed by atoms with E-state index in [1.54, 1.807) is 59.8 Å². The lowest BCUT2D eigenvalue weighted by molar-refractivity contribution is -0.135. The van der Waals surface area contributed by atoms with Crippen molar-refractivity contribution < 1.29 is 14.3 Å². The van der Waals surface area contributed by atoms with Gasteiger partial charge in [-0.25, -0.2) is 0 Å². The molecule has 0 radical (unpaired) electrons. The zero-order valence-corrected chi connectivity index (χ0v) is 17.6. The molecule has 29 heavy (non-hydrogen) atoms. The van der Waals surface area contributed by atoms with Crippen molar-refractivity contribution in [2.45, 2.75) is 17.4 Å². The lowest BCUT2D eigenvalue weighted by Gasteiger charge is -2.23. The molecule has 1 N–H and O–H groups in total. The summed E-state index contributed by atoms with van der Waals surface area (Å²) >= 11 is 3.18. The van der Waals surface area contributed by atoms with E-state index in [1.165, 1.54) is 0 Å². The Labute approximate surface area is 178 Å². The third-order valence-corrected chi connectivity index (χ3v) is 6.46. The molecule has 1 unspecified atom stereocenters. The van der Waals surface area contributed by atoms with E-state index < -0.39 is 6.04 Å². The molecule has 0 saturated carbocycles. The number of methoxy groups -OCH3 is 1. The number of ether oxygens (including phenoxy) is 1. The number of nitriles is 1. The van der Waals surface area contributed by atoms with Gasteiger partial charge in [0, 0.05) is 28.5 Å².